The van der Waals surface area contributed by atoms with Crippen LogP contribution in [0.5, 0.6) is 0 Å². The van der Waals surface area contributed by atoms with E-state index in [1.165, 1.54) is 76.7 Å². The minimum absolute atomic E-state index is 0.800. The van der Waals surface area contributed by atoms with Crippen molar-refractivity contribution in [3.8, 4) is 0 Å². The van der Waals surface area contributed by atoms with Crippen LogP contribution >= 0.6 is 0 Å². The molecule has 1 nitrogen and oxygen atoms in total. The van der Waals surface area contributed by atoms with Gasteiger partial charge in [0.15, 0.2) is 0 Å². The molecule has 0 heterocycles. The summed E-state index contributed by atoms with van der Waals surface area (Å²) in [4.78, 5) is 0. The molecule has 0 saturated heterocycles. The molecule has 0 bridgehead atoms. The van der Waals surface area contributed by atoms with E-state index < -0.39 is 0 Å². The second kappa shape index (κ2) is 18.0. The van der Waals surface area contributed by atoms with E-state index in [0.717, 1.165) is 12.7 Å². The van der Waals surface area contributed by atoms with Gasteiger partial charge in [0, 0.05) is 0 Å². The molecule has 0 rings (SSSR count). The zero-order chi connectivity index (χ0) is 14.7. The molecule has 20 heavy (non-hydrogen) atoms. The van der Waals surface area contributed by atoms with Crippen molar-refractivity contribution in [1.82, 2.24) is 0 Å². The van der Waals surface area contributed by atoms with Gasteiger partial charge in [-0.3, -0.25) is 5.11 Å². The van der Waals surface area contributed by atoms with Crippen LogP contribution in [0, 0.1) is 0 Å². The fourth-order valence-corrected chi connectivity index (χ4v) is 2.27. The van der Waals surface area contributed by atoms with Crippen molar-refractivity contribution in [3.05, 3.63) is 36.6 Å². The van der Waals surface area contributed by atoms with Crippen LogP contribution in [-0.4, -0.2) is 0 Å². The van der Waals surface area contributed by atoms with E-state index in [-0.39, 0.29) is 0 Å². The lowest BCUT2D eigenvalue weighted by atomic mass is 10.1. The summed E-state index contributed by atoms with van der Waals surface area (Å²) in [5, 5.41) is 10.0. The molecule has 0 aromatic heterocycles. The zero-order valence-corrected chi connectivity index (χ0v) is 13.4. The van der Waals surface area contributed by atoms with Gasteiger partial charge in [0.25, 0.3) is 0 Å². The Morgan fingerprint density at radius 1 is 0.600 bits per heavy atom. The molecule has 0 unspecified atom stereocenters. The zero-order valence-electron chi connectivity index (χ0n) is 13.4. The van der Waals surface area contributed by atoms with E-state index in [9.17, 15) is 5.11 Å². The first kappa shape index (κ1) is 19.0. The quantitative estimate of drug-likeness (QED) is 0.190. The Balaban J connectivity index is 3.09. The third kappa shape index (κ3) is 17.0. The van der Waals surface area contributed by atoms with Crippen LogP contribution in [0.4, 0.5) is 0 Å². The molecule has 0 atom stereocenters. The highest BCUT2D eigenvalue weighted by atomic mass is 16.2. The van der Waals surface area contributed by atoms with Crippen molar-refractivity contribution < 1.29 is 5.11 Å². The second-order valence-corrected chi connectivity index (χ2v) is 5.47. The van der Waals surface area contributed by atoms with Gasteiger partial charge in [0.1, 0.15) is 6.26 Å². The molecular formula is C19H33O. The van der Waals surface area contributed by atoms with Gasteiger partial charge in [-0.15, -0.1) is 0 Å². The van der Waals surface area contributed by atoms with E-state index in [1.807, 2.05) is 12.2 Å². The van der Waals surface area contributed by atoms with Crippen LogP contribution in [0.1, 0.15) is 84.0 Å². The van der Waals surface area contributed by atoms with Gasteiger partial charge in [-0.05, 0) is 18.9 Å². The molecule has 0 aromatic carbocycles. The summed E-state index contributed by atoms with van der Waals surface area (Å²) in [7, 11) is 0. The molecule has 1 heteroatoms. The fraction of sp³-hybridized carbons (Fsp3) is 0.684. The first-order chi connectivity index (χ1) is 9.91. The molecule has 1 radical (unpaired) electrons. The van der Waals surface area contributed by atoms with Crippen LogP contribution in [0.25, 0.3) is 0 Å². The maximum atomic E-state index is 10.0. The number of unbranched alkanes of at least 4 members (excludes halogenated alkanes) is 11. The van der Waals surface area contributed by atoms with Gasteiger partial charge in [-0.25, -0.2) is 0 Å². The van der Waals surface area contributed by atoms with Gasteiger partial charge < -0.3 is 0 Å². The molecular weight excluding hydrogens is 244 g/mol. The Kier molecular flexibility index (Phi) is 17.1. The van der Waals surface area contributed by atoms with Gasteiger partial charge in [0.2, 0.25) is 0 Å². The summed E-state index contributed by atoms with van der Waals surface area (Å²) >= 11 is 0. The standard InChI is InChI=1S/C19H33O/c1-2-3-4-5-6-7-8-9-10-11-12-13-14-15-16-17-18-19-20/h14-19H,2-13H2,1H3. The van der Waals surface area contributed by atoms with E-state index >= 15 is 0 Å². The van der Waals surface area contributed by atoms with Crippen LogP contribution in [0.3, 0.4) is 0 Å². The molecule has 115 valence electrons. The summed E-state index contributed by atoms with van der Waals surface area (Å²) in [6.07, 6.45) is 26.7. The highest BCUT2D eigenvalue weighted by Gasteiger charge is 1.92. The monoisotopic (exact) mass is 277 g/mol. The normalized spacial score (nSPS) is 12.2. The maximum Gasteiger partial charge on any atom is 0.142 e. The van der Waals surface area contributed by atoms with Crippen molar-refractivity contribution in [2.75, 3.05) is 0 Å². The Hall–Kier alpha value is -0.980. The summed E-state index contributed by atoms with van der Waals surface area (Å²) in [6, 6.07) is 0. The first-order valence-electron chi connectivity index (χ1n) is 8.52. The topological polar surface area (TPSA) is 19.9 Å². The fourth-order valence-electron chi connectivity index (χ4n) is 2.27. The number of rotatable bonds is 14. The van der Waals surface area contributed by atoms with Crippen LogP contribution in [0.2, 0.25) is 0 Å². The van der Waals surface area contributed by atoms with E-state index in [0.29, 0.717) is 0 Å². The van der Waals surface area contributed by atoms with Crippen molar-refractivity contribution in [1.29, 1.82) is 0 Å². The van der Waals surface area contributed by atoms with Gasteiger partial charge >= 0.3 is 0 Å². The molecule has 0 spiro atoms. The third-order valence-electron chi connectivity index (χ3n) is 3.52. The average molecular weight is 277 g/mol. The molecule has 0 aliphatic heterocycles. The van der Waals surface area contributed by atoms with Crippen LogP contribution < -0.4 is 0 Å². The SMILES string of the molecule is CCCCCCCCCCCCCC=CC=CC=C[O]. The molecule has 0 N–H and O–H groups in total. The minimum atomic E-state index is 0.800. The summed E-state index contributed by atoms with van der Waals surface area (Å²) in [5.74, 6) is 0. The summed E-state index contributed by atoms with van der Waals surface area (Å²) < 4.78 is 0. The molecule has 0 amide bonds. The van der Waals surface area contributed by atoms with Crippen molar-refractivity contribution >= 4 is 0 Å². The lowest BCUT2D eigenvalue weighted by molar-refractivity contribution is 0.352. The summed E-state index contributed by atoms with van der Waals surface area (Å²) in [5.41, 5.74) is 0. The predicted molar refractivity (Wildman–Crippen MR) is 89.2 cm³/mol. The molecule has 0 aliphatic rings. The largest absolute Gasteiger partial charge is 0.299 e. The summed E-state index contributed by atoms with van der Waals surface area (Å²) in [6.45, 7) is 2.27. The smallest absolute Gasteiger partial charge is 0.142 e. The van der Waals surface area contributed by atoms with Crippen LogP contribution in [-0.2, 0) is 5.11 Å². The van der Waals surface area contributed by atoms with Gasteiger partial charge in [-0.2, -0.15) is 0 Å². The van der Waals surface area contributed by atoms with Gasteiger partial charge in [-0.1, -0.05) is 95.4 Å². The molecule has 0 saturated carbocycles. The first-order valence-corrected chi connectivity index (χ1v) is 8.52. The predicted octanol–water partition coefficient (Wildman–Crippen LogP) is 6.74. The Morgan fingerprint density at radius 2 is 1.10 bits per heavy atom. The second-order valence-electron chi connectivity index (χ2n) is 5.47. The molecule has 0 aromatic rings. The highest BCUT2D eigenvalue weighted by Crippen LogP contribution is 2.11. The number of allylic oxidation sites excluding steroid dienone is 5. The average Bonchev–Trinajstić information content (AvgIpc) is 2.47. The minimum Gasteiger partial charge on any atom is -0.299 e. The number of hydrogen-bond acceptors (Lipinski definition) is 0. The molecule has 0 fully saturated rings. The maximum absolute atomic E-state index is 10.0. The van der Waals surface area contributed by atoms with E-state index in [1.54, 1.807) is 6.08 Å². The Morgan fingerprint density at radius 3 is 1.65 bits per heavy atom. The highest BCUT2D eigenvalue weighted by molar-refractivity contribution is 5.09. The van der Waals surface area contributed by atoms with Crippen LogP contribution in [0.15, 0.2) is 36.6 Å². The van der Waals surface area contributed by atoms with Crippen molar-refractivity contribution in [2.24, 2.45) is 0 Å². The van der Waals surface area contributed by atoms with Gasteiger partial charge in [0.05, 0.1) is 0 Å². The Bertz CT molecular complexity index is 250. The van der Waals surface area contributed by atoms with Crippen molar-refractivity contribution in [3.63, 3.8) is 0 Å². The van der Waals surface area contributed by atoms with E-state index in [2.05, 4.69) is 13.0 Å². The molecule has 0 aliphatic carbocycles. The lowest BCUT2D eigenvalue weighted by Crippen LogP contribution is -1.81. The lowest BCUT2D eigenvalue weighted by Gasteiger charge is -2.01. The Labute approximate surface area is 126 Å². The van der Waals surface area contributed by atoms with Crippen molar-refractivity contribution in [2.45, 2.75) is 84.0 Å². The van der Waals surface area contributed by atoms with E-state index in [4.69, 9.17) is 0 Å². The number of hydrogen-bond donors (Lipinski definition) is 0. The third-order valence-corrected chi connectivity index (χ3v) is 3.52.